The van der Waals surface area contributed by atoms with Crippen LogP contribution in [0.4, 0.5) is 11.9 Å². The number of rotatable bonds is 3. The number of benzene rings is 1. The predicted octanol–water partition coefficient (Wildman–Crippen LogP) is 4.00. The molecular weight excluding hydrogens is 288 g/mol. The van der Waals surface area contributed by atoms with Crippen molar-refractivity contribution in [2.75, 3.05) is 0 Å². The lowest BCUT2D eigenvalue weighted by Crippen LogP contribution is -1.84. The highest BCUT2D eigenvalue weighted by Gasteiger charge is 2.00. The monoisotopic (exact) mass is 296 g/mol. The summed E-state index contributed by atoms with van der Waals surface area (Å²) in [6.07, 6.45) is 4.88. The van der Waals surface area contributed by atoms with Gasteiger partial charge in [0.25, 0.3) is 11.9 Å². The van der Waals surface area contributed by atoms with Crippen LogP contribution in [-0.2, 0) is 0 Å². The molecule has 0 unspecified atom stereocenters. The van der Waals surface area contributed by atoms with Crippen molar-refractivity contribution < 1.29 is 0 Å². The van der Waals surface area contributed by atoms with Crippen LogP contribution in [0.2, 0.25) is 5.15 Å². The molecule has 0 aliphatic carbocycles. The lowest BCUT2D eigenvalue weighted by molar-refractivity contribution is 1.01. The molecule has 0 spiro atoms. The third-order valence-electron chi connectivity index (χ3n) is 2.58. The minimum atomic E-state index is 0.165. The summed E-state index contributed by atoms with van der Waals surface area (Å²) in [4.78, 5) is 16.1. The van der Waals surface area contributed by atoms with E-state index < -0.39 is 0 Å². The van der Waals surface area contributed by atoms with Gasteiger partial charge in [0, 0.05) is 24.2 Å². The number of nitrogens with zero attached hydrogens (tertiary/aromatic N) is 6. The molecule has 0 aliphatic rings. The number of hydrogen-bond donors (Lipinski definition) is 0. The van der Waals surface area contributed by atoms with E-state index >= 15 is 0 Å². The molecule has 7 heteroatoms. The first-order valence-corrected chi connectivity index (χ1v) is 6.47. The number of halogens is 1. The predicted molar refractivity (Wildman–Crippen MR) is 78.7 cm³/mol. The fraction of sp³-hybridized carbons (Fsp3) is 0. The van der Waals surface area contributed by atoms with Gasteiger partial charge < -0.3 is 0 Å². The van der Waals surface area contributed by atoms with Gasteiger partial charge in [-0.25, -0.2) is 15.0 Å². The fourth-order valence-corrected chi connectivity index (χ4v) is 1.75. The second kappa shape index (κ2) is 6.15. The maximum absolute atomic E-state index is 5.73. The van der Waals surface area contributed by atoms with Crippen molar-refractivity contribution in [2.45, 2.75) is 0 Å². The molecule has 1 aromatic carbocycles. The zero-order valence-electron chi connectivity index (χ0n) is 10.8. The van der Waals surface area contributed by atoms with E-state index in [1.54, 1.807) is 18.5 Å². The molecule has 0 saturated carbocycles. The van der Waals surface area contributed by atoms with Crippen molar-refractivity contribution in [1.29, 1.82) is 0 Å². The smallest absolute Gasteiger partial charge is 0.218 e. The Hall–Kier alpha value is -2.73. The van der Waals surface area contributed by atoms with E-state index in [2.05, 4.69) is 30.2 Å². The van der Waals surface area contributed by atoms with E-state index in [4.69, 9.17) is 11.6 Å². The van der Waals surface area contributed by atoms with Gasteiger partial charge in [-0.3, -0.25) is 0 Å². The summed E-state index contributed by atoms with van der Waals surface area (Å²) in [6.45, 7) is 0. The first kappa shape index (κ1) is 13.3. The summed E-state index contributed by atoms with van der Waals surface area (Å²) < 4.78 is 0. The zero-order chi connectivity index (χ0) is 14.5. The topological polar surface area (TPSA) is 76.3 Å². The van der Waals surface area contributed by atoms with Crippen LogP contribution >= 0.6 is 11.6 Å². The lowest BCUT2D eigenvalue weighted by atomic mass is 10.1. The molecule has 0 fully saturated rings. The Bertz CT molecular complexity index is 758. The maximum Gasteiger partial charge on any atom is 0.270 e. The van der Waals surface area contributed by atoms with Gasteiger partial charge in [-0.15, -0.1) is 10.2 Å². The molecule has 3 rings (SSSR count). The zero-order valence-corrected chi connectivity index (χ0v) is 11.5. The van der Waals surface area contributed by atoms with Crippen LogP contribution in [0, 0.1) is 0 Å². The second-order valence-corrected chi connectivity index (χ2v) is 4.40. The minimum Gasteiger partial charge on any atom is -0.218 e. The Morgan fingerprint density at radius 2 is 1.48 bits per heavy atom. The summed E-state index contributed by atoms with van der Waals surface area (Å²) in [7, 11) is 0. The van der Waals surface area contributed by atoms with Crippen LogP contribution in [0.3, 0.4) is 0 Å². The van der Waals surface area contributed by atoms with Crippen LogP contribution in [0.15, 0.2) is 65.2 Å². The molecule has 0 saturated heterocycles. The summed E-state index contributed by atoms with van der Waals surface area (Å²) in [5.74, 6) is 0.400. The van der Waals surface area contributed by atoms with Gasteiger partial charge in [-0.2, -0.15) is 4.98 Å². The van der Waals surface area contributed by atoms with Crippen LogP contribution in [0.5, 0.6) is 0 Å². The van der Waals surface area contributed by atoms with E-state index in [1.165, 1.54) is 6.20 Å². The minimum absolute atomic E-state index is 0.165. The molecule has 0 amide bonds. The van der Waals surface area contributed by atoms with Crippen molar-refractivity contribution in [3.8, 4) is 11.1 Å². The van der Waals surface area contributed by atoms with E-state index in [9.17, 15) is 0 Å². The van der Waals surface area contributed by atoms with Crippen molar-refractivity contribution in [2.24, 2.45) is 10.2 Å². The molecule has 0 aliphatic heterocycles. The molecule has 3 aromatic rings. The molecule has 102 valence electrons. The van der Waals surface area contributed by atoms with E-state index in [1.807, 2.05) is 30.3 Å². The third kappa shape index (κ3) is 3.43. The number of azo groups is 1. The third-order valence-corrected chi connectivity index (χ3v) is 2.79. The average Bonchev–Trinajstić information content (AvgIpc) is 2.54. The summed E-state index contributed by atoms with van der Waals surface area (Å²) in [6, 6.07) is 11.4. The van der Waals surface area contributed by atoms with E-state index in [-0.39, 0.29) is 11.9 Å². The molecule has 2 aromatic heterocycles. The summed E-state index contributed by atoms with van der Waals surface area (Å²) in [5.41, 5.74) is 1.95. The first-order chi connectivity index (χ1) is 10.3. The van der Waals surface area contributed by atoms with E-state index in [0.717, 1.165) is 11.1 Å². The summed E-state index contributed by atoms with van der Waals surface area (Å²) >= 11 is 5.73. The van der Waals surface area contributed by atoms with Gasteiger partial charge in [0.05, 0.1) is 0 Å². The standard InChI is InChI=1S/C14H9ClN6/c15-12-6-7-16-14(19-12)21-20-13-17-8-11(9-18-13)10-4-2-1-3-5-10/h1-9H. The highest BCUT2D eigenvalue weighted by molar-refractivity contribution is 6.29. The first-order valence-electron chi connectivity index (χ1n) is 6.09. The Balaban J connectivity index is 1.79. The van der Waals surface area contributed by atoms with Crippen LogP contribution in [0.25, 0.3) is 11.1 Å². The molecule has 2 heterocycles. The summed E-state index contributed by atoms with van der Waals surface area (Å²) in [5, 5.41) is 8.01. The van der Waals surface area contributed by atoms with Gasteiger partial charge in [0.15, 0.2) is 0 Å². The van der Waals surface area contributed by atoms with Crippen molar-refractivity contribution in [3.63, 3.8) is 0 Å². The maximum atomic E-state index is 5.73. The Labute approximate surface area is 125 Å². The second-order valence-electron chi connectivity index (χ2n) is 4.02. The van der Waals surface area contributed by atoms with Crippen molar-refractivity contribution in [1.82, 2.24) is 19.9 Å². The molecule has 0 bridgehead atoms. The van der Waals surface area contributed by atoms with Gasteiger partial charge in [-0.05, 0) is 11.6 Å². The lowest BCUT2D eigenvalue weighted by Gasteiger charge is -1.99. The molecule has 21 heavy (non-hydrogen) atoms. The van der Waals surface area contributed by atoms with Gasteiger partial charge >= 0.3 is 0 Å². The Morgan fingerprint density at radius 3 is 2.19 bits per heavy atom. The number of hydrogen-bond acceptors (Lipinski definition) is 6. The molecule has 0 atom stereocenters. The average molecular weight is 297 g/mol. The Kier molecular flexibility index (Phi) is 3.88. The largest absolute Gasteiger partial charge is 0.270 e. The van der Waals surface area contributed by atoms with Crippen LogP contribution < -0.4 is 0 Å². The van der Waals surface area contributed by atoms with Crippen molar-refractivity contribution in [3.05, 3.63) is 60.1 Å². The fourth-order valence-electron chi connectivity index (χ4n) is 1.62. The Morgan fingerprint density at radius 1 is 0.762 bits per heavy atom. The molecule has 0 N–H and O–H groups in total. The highest BCUT2D eigenvalue weighted by atomic mass is 35.5. The number of aromatic nitrogens is 4. The molecule has 6 nitrogen and oxygen atoms in total. The van der Waals surface area contributed by atoms with Crippen molar-refractivity contribution >= 4 is 23.5 Å². The SMILES string of the molecule is Clc1ccnc(N=Nc2ncc(-c3ccccc3)cn2)n1. The van der Waals surface area contributed by atoms with Gasteiger partial charge in [0.1, 0.15) is 5.15 Å². The normalized spacial score (nSPS) is 10.9. The van der Waals surface area contributed by atoms with Crippen LogP contribution in [-0.4, -0.2) is 19.9 Å². The molecule has 0 radical (unpaired) electrons. The molecular formula is C14H9ClN6. The van der Waals surface area contributed by atoms with E-state index in [0.29, 0.717) is 5.15 Å². The quantitative estimate of drug-likeness (QED) is 0.540. The highest BCUT2D eigenvalue weighted by Crippen LogP contribution is 2.18. The van der Waals surface area contributed by atoms with Crippen LogP contribution in [0.1, 0.15) is 0 Å². The van der Waals surface area contributed by atoms with Gasteiger partial charge in [0.2, 0.25) is 0 Å². The van der Waals surface area contributed by atoms with Gasteiger partial charge in [-0.1, -0.05) is 41.9 Å².